The summed E-state index contributed by atoms with van der Waals surface area (Å²) in [4.78, 5) is 4.21. The van der Waals surface area contributed by atoms with Gasteiger partial charge in [0.1, 0.15) is 11.6 Å². The molecule has 21 heavy (non-hydrogen) atoms. The van der Waals surface area contributed by atoms with Crippen molar-refractivity contribution < 1.29 is 14.0 Å². The Labute approximate surface area is 132 Å². The summed E-state index contributed by atoms with van der Waals surface area (Å²) in [6.45, 7) is 0. The molecule has 1 N–H and O–H groups in total. The molecular formula is C14H7BrClFN2O2. The summed E-state index contributed by atoms with van der Waals surface area (Å²) in [5.74, 6) is 0.0453. The molecule has 0 saturated carbocycles. The summed E-state index contributed by atoms with van der Waals surface area (Å²) < 4.78 is 19.1. The van der Waals surface area contributed by atoms with Gasteiger partial charge in [0, 0.05) is 15.6 Å². The third-order valence-corrected chi connectivity index (χ3v) is 3.78. The number of hydrogen-bond acceptors (Lipinski definition) is 4. The predicted molar refractivity (Wildman–Crippen MR) is 79.5 cm³/mol. The van der Waals surface area contributed by atoms with Crippen LogP contribution in [0.2, 0.25) is 5.02 Å². The van der Waals surface area contributed by atoms with Gasteiger partial charge in [-0.15, -0.1) is 0 Å². The topological polar surface area (TPSA) is 59.2 Å². The molecule has 0 aliphatic heterocycles. The minimum atomic E-state index is -0.396. The van der Waals surface area contributed by atoms with Crippen LogP contribution in [0.25, 0.3) is 22.8 Å². The molecule has 4 nitrogen and oxygen atoms in total. The molecule has 0 spiro atoms. The van der Waals surface area contributed by atoms with E-state index in [4.69, 9.17) is 16.1 Å². The normalized spacial score (nSPS) is 10.8. The van der Waals surface area contributed by atoms with Crippen molar-refractivity contribution in [3.63, 3.8) is 0 Å². The van der Waals surface area contributed by atoms with Gasteiger partial charge in [-0.1, -0.05) is 32.7 Å². The number of halogens is 3. The highest BCUT2D eigenvalue weighted by Crippen LogP contribution is 2.31. The Morgan fingerprint density at radius 1 is 1.19 bits per heavy atom. The van der Waals surface area contributed by atoms with Crippen molar-refractivity contribution in [1.82, 2.24) is 10.1 Å². The van der Waals surface area contributed by atoms with Crippen molar-refractivity contribution in [2.75, 3.05) is 0 Å². The molecule has 1 aromatic heterocycles. The van der Waals surface area contributed by atoms with Crippen molar-refractivity contribution in [2.24, 2.45) is 0 Å². The predicted octanol–water partition coefficient (Wildman–Crippen LogP) is 4.66. The molecule has 0 unspecified atom stereocenters. The third kappa shape index (κ3) is 2.77. The van der Waals surface area contributed by atoms with E-state index in [2.05, 4.69) is 26.1 Å². The fourth-order valence-corrected chi connectivity index (χ4v) is 2.36. The maximum atomic E-state index is 13.3. The van der Waals surface area contributed by atoms with Crippen LogP contribution in [0, 0.1) is 5.82 Å². The first-order chi connectivity index (χ1) is 10.0. The minimum absolute atomic E-state index is 0.0342. The fourth-order valence-electron chi connectivity index (χ4n) is 1.76. The lowest BCUT2D eigenvalue weighted by Gasteiger charge is -1.99. The average Bonchev–Trinajstić information content (AvgIpc) is 2.94. The molecule has 0 bridgehead atoms. The van der Waals surface area contributed by atoms with Crippen molar-refractivity contribution in [2.45, 2.75) is 0 Å². The van der Waals surface area contributed by atoms with Gasteiger partial charge in [0.05, 0.1) is 5.02 Å². The van der Waals surface area contributed by atoms with Crippen LogP contribution in [-0.4, -0.2) is 15.2 Å². The van der Waals surface area contributed by atoms with Gasteiger partial charge < -0.3 is 9.63 Å². The summed E-state index contributed by atoms with van der Waals surface area (Å²) in [5.41, 5.74) is 1.04. The Kier molecular flexibility index (Phi) is 3.65. The molecule has 7 heteroatoms. The van der Waals surface area contributed by atoms with Gasteiger partial charge in [0.15, 0.2) is 0 Å². The number of benzene rings is 2. The molecule has 106 valence electrons. The van der Waals surface area contributed by atoms with Gasteiger partial charge in [-0.25, -0.2) is 4.39 Å². The highest BCUT2D eigenvalue weighted by atomic mass is 79.9. The Bertz CT molecular complexity index is 822. The number of rotatable bonds is 2. The molecule has 0 atom stereocenters. The molecule has 3 aromatic rings. The van der Waals surface area contributed by atoms with Crippen LogP contribution in [-0.2, 0) is 0 Å². The van der Waals surface area contributed by atoms with Crippen LogP contribution in [0.1, 0.15) is 0 Å². The Morgan fingerprint density at radius 2 is 2.00 bits per heavy atom. The van der Waals surface area contributed by atoms with E-state index in [1.807, 2.05) is 0 Å². The zero-order valence-electron chi connectivity index (χ0n) is 10.3. The molecule has 0 aliphatic rings. The first-order valence-electron chi connectivity index (χ1n) is 5.82. The Morgan fingerprint density at radius 3 is 2.76 bits per heavy atom. The first-order valence-corrected chi connectivity index (χ1v) is 7.00. The Balaban J connectivity index is 2.03. The van der Waals surface area contributed by atoms with Crippen molar-refractivity contribution in [3.8, 4) is 28.6 Å². The second-order valence-electron chi connectivity index (χ2n) is 4.21. The van der Waals surface area contributed by atoms with Gasteiger partial charge in [-0.2, -0.15) is 4.98 Å². The highest BCUT2D eigenvalue weighted by molar-refractivity contribution is 9.10. The Hall–Kier alpha value is -1.92. The van der Waals surface area contributed by atoms with E-state index in [0.717, 1.165) is 0 Å². The van der Waals surface area contributed by atoms with Crippen molar-refractivity contribution in [1.29, 1.82) is 0 Å². The van der Waals surface area contributed by atoms with Crippen LogP contribution in [0.5, 0.6) is 5.75 Å². The largest absolute Gasteiger partial charge is 0.506 e. The molecule has 1 heterocycles. The van der Waals surface area contributed by atoms with Crippen LogP contribution >= 0.6 is 27.5 Å². The van der Waals surface area contributed by atoms with Gasteiger partial charge in [-0.3, -0.25) is 0 Å². The smallest absolute Gasteiger partial charge is 0.258 e. The van der Waals surface area contributed by atoms with Crippen LogP contribution < -0.4 is 0 Å². The molecule has 0 amide bonds. The molecule has 0 saturated heterocycles. The van der Waals surface area contributed by atoms with Gasteiger partial charge in [0.2, 0.25) is 5.82 Å². The number of aromatic nitrogens is 2. The molecule has 0 aliphatic carbocycles. The maximum absolute atomic E-state index is 13.3. The SMILES string of the molecule is Oc1ccc(-c2nc(-c3cc(F)ccc3Br)no2)cc1Cl. The number of hydrogen-bond donors (Lipinski definition) is 1. The monoisotopic (exact) mass is 368 g/mol. The van der Waals surface area contributed by atoms with E-state index < -0.39 is 5.82 Å². The van der Waals surface area contributed by atoms with Gasteiger partial charge >= 0.3 is 0 Å². The van der Waals surface area contributed by atoms with Crippen LogP contribution in [0.3, 0.4) is 0 Å². The summed E-state index contributed by atoms with van der Waals surface area (Å²) in [6, 6.07) is 8.74. The number of nitrogens with zero attached hydrogens (tertiary/aromatic N) is 2. The molecular weight excluding hydrogens is 363 g/mol. The van der Waals surface area contributed by atoms with E-state index >= 15 is 0 Å². The van der Waals surface area contributed by atoms with Crippen molar-refractivity contribution in [3.05, 3.63) is 51.7 Å². The maximum Gasteiger partial charge on any atom is 0.258 e. The molecule has 3 rings (SSSR count). The molecule has 0 radical (unpaired) electrons. The highest BCUT2D eigenvalue weighted by Gasteiger charge is 2.14. The standard InChI is InChI=1S/C14H7BrClFN2O2/c15-10-3-2-8(17)6-9(10)13-18-14(21-19-13)7-1-4-12(20)11(16)5-7/h1-6,20H. The summed E-state index contributed by atoms with van der Waals surface area (Å²) >= 11 is 9.15. The van der Waals surface area contributed by atoms with E-state index in [9.17, 15) is 9.50 Å². The zero-order chi connectivity index (χ0) is 15.0. The second-order valence-corrected chi connectivity index (χ2v) is 5.48. The number of phenols is 1. The van der Waals surface area contributed by atoms with E-state index in [1.165, 1.54) is 24.3 Å². The van der Waals surface area contributed by atoms with Crippen molar-refractivity contribution >= 4 is 27.5 Å². The summed E-state index contributed by atoms with van der Waals surface area (Å²) in [5, 5.41) is 13.4. The summed E-state index contributed by atoms with van der Waals surface area (Å²) in [6.07, 6.45) is 0. The molecule has 0 fully saturated rings. The minimum Gasteiger partial charge on any atom is -0.506 e. The number of phenolic OH excluding ortho intramolecular Hbond substituents is 1. The lowest BCUT2D eigenvalue weighted by molar-refractivity contribution is 0.432. The van der Waals surface area contributed by atoms with Crippen LogP contribution in [0.4, 0.5) is 4.39 Å². The lowest BCUT2D eigenvalue weighted by Crippen LogP contribution is -1.85. The third-order valence-electron chi connectivity index (χ3n) is 2.79. The lowest BCUT2D eigenvalue weighted by atomic mass is 10.2. The molecule has 2 aromatic carbocycles. The fraction of sp³-hybridized carbons (Fsp3) is 0. The van der Waals surface area contributed by atoms with Crippen LogP contribution in [0.15, 0.2) is 45.4 Å². The first kappa shape index (κ1) is 14.0. The van der Waals surface area contributed by atoms with E-state index in [0.29, 0.717) is 15.6 Å². The number of aromatic hydroxyl groups is 1. The summed E-state index contributed by atoms with van der Waals surface area (Å²) in [7, 11) is 0. The van der Waals surface area contributed by atoms with Gasteiger partial charge in [-0.05, 0) is 36.4 Å². The second kappa shape index (κ2) is 5.46. The zero-order valence-corrected chi connectivity index (χ0v) is 12.7. The quantitative estimate of drug-likeness (QED) is 0.713. The van der Waals surface area contributed by atoms with E-state index in [1.54, 1.807) is 12.1 Å². The van der Waals surface area contributed by atoms with E-state index in [-0.39, 0.29) is 22.5 Å². The van der Waals surface area contributed by atoms with Gasteiger partial charge in [0.25, 0.3) is 5.89 Å². The average molecular weight is 370 g/mol.